The summed E-state index contributed by atoms with van der Waals surface area (Å²) in [5, 5.41) is 63.1. The van der Waals surface area contributed by atoms with Crippen molar-refractivity contribution in [1.29, 1.82) is 0 Å². The molecular weight excluding hydrogens is 492 g/mol. The summed E-state index contributed by atoms with van der Waals surface area (Å²) in [6.45, 7) is 0.919. The molecule has 1 aliphatic carbocycles. The lowest BCUT2D eigenvalue weighted by Gasteiger charge is -2.45. The van der Waals surface area contributed by atoms with Gasteiger partial charge in [0.15, 0.2) is 6.29 Å². The Kier molecular flexibility index (Phi) is 7.93. The summed E-state index contributed by atoms with van der Waals surface area (Å²) in [6, 6.07) is 6.92. The molecule has 4 rings (SSSR count). The van der Waals surface area contributed by atoms with Crippen LogP contribution in [0.15, 0.2) is 42.7 Å². The summed E-state index contributed by atoms with van der Waals surface area (Å²) in [7, 11) is 1.54. The molecule has 37 heavy (non-hydrogen) atoms. The number of hydrogen-bond donors (Lipinski definition) is 6. The Morgan fingerprint density at radius 2 is 1.78 bits per heavy atom. The monoisotopic (exact) mass is 524 g/mol. The molecule has 12 nitrogen and oxygen atoms in total. The van der Waals surface area contributed by atoms with Crippen LogP contribution >= 0.6 is 0 Å². The van der Waals surface area contributed by atoms with Crippen molar-refractivity contribution in [2.45, 2.75) is 67.6 Å². The van der Waals surface area contributed by atoms with E-state index in [9.17, 15) is 35.4 Å². The molecule has 0 radical (unpaired) electrons. The first-order chi connectivity index (χ1) is 17.5. The second kappa shape index (κ2) is 10.7. The third-order valence-corrected chi connectivity index (χ3v) is 6.98. The van der Waals surface area contributed by atoms with Crippen LogP contribution in [0.2, 0.25) is 0 Å². The summed E-state index contributed by atoms with van der Waals surface area (Å²) in [6.07, 6.45) is -5.83. The van der Waals surface area contributed by atoms with Crippen molar-refractivity contribution in [3.63, 3.8) is 0 Å². The second-order valence-electron chi connectivity index (χ2n) is 9.64. The van der Waals surface area contributed by atoms with Crippen molar-refractivity contribution in [3.8, 4) is 5.75 Å². The van der Waals surface area contributed by atoms with E-state index in [1.807, 2.05) is 0 Å². The Morgan fingerprint density at radius 1 is 1.08 bits per heavy atom. The van der Waals surface area contributed by atoms with Gasteiger partial charge in [-0.3, -0.25) is 0 Å². The van der Waals surface area contributed by atoms with E-state index in [1.165, 1.54) is 32.3 Å². The predicted molar refractivity (Wildman–Crippen MR) is 124 cm³/mol. The number of aliphatic hydroxyl groups excluding tert-OH is 4. The van der Waals surface area contributed by atoms with Gasteiger partial charge in [0.1, 0.15) is 42.4 Å². The van der Waals surface area contributed by atoms with E-state index in [1.54, 1.807) is 24.3 Å². The topological polar surface area (TPSA) is 185 Å². The molecule has 2 aliphatic heterocycles. The maximum Gasteiger partial charge on any atom is 0.330 e. The van der Waals surface area contributed by atoms with Gasteiger partial charge in [-0.05, 0) is 36.8 Å². The molecule has 6 N–H and O–H groups in total. The lowest BCUT2D eigenvalue weighted by atomic mass is 9.81. The number of aliphatic hydroxyl groups is 6. The van der Waals surface area contributed by atoms with Crippen LogP contribution in [0.4, 0.5) is 0 Å². The molecule has 1 saturated heterocycles. The highest BCUT2D eigenvalue weighted by molar-refractivity contribution is 5.87. The third kappa shape index (κ3) is 5.52. The first kappa shape index (κ1) is 27.5. The van der Waals surface area contributed by atoms with Crippen molar-refractivity contribution in [2.24, 2.45) is 5.92 Å². The number of rotatable bonds is 7. The van der Waals surface area contributed by atoms with Crippen molar-refractivity contribution in [1.82, 2.24) is 0 Å². The van der Waals surface area contributed by atoms with Crippen molar-refractivity contribution in [2.75, 3.05) is 13.7 Å². The van der Waals surface area contributed by atoms with E-state index >= 15 is 0 Å². The highest BCUT2D eigenvalue weighted by atomic mass is 16.8. The molecule has 12 heteroatoms. The van der Waals surface area contributed by atoms with Crippen molar-refractivity contribution >= 4 is 12.0 Å². The van der Waals surface area contributed by atoms with Crippen LogP contribution in [0.5, 0.6) is 5.75 Å². The van der Waals surface area contributed by atoms with Crippen LogP contribution in [0, 0.1) is 5.92 Å². The molecule has 10 atom stereocenters. The summed E-state index contributed by atoms with van der Waals surface area (Å²) in [4.78, 5) is 12.2. The largest absolute Gasteiger partial charge is 0.497 e. The Hall–Kier alpha value is -2.55. The van der Waals surface area contributed by atoms with Crippen molar-refractivity contribution in [3.05, 3.63) is 48.2 Å². The Bertz CT molecular complexity index is 1010. The lowest BCUT2D eigenvalue weighted by molar-refractivity contribution is -0.351. The number of carbonyl (C=O) groups excluding carboxylic acids is 1. The quantitative estimate of drug-likeness (QED) is 0.185. The van der Waals surface area contributed by atoms with Crippen LogP contribution in [0.1, 0.15) is 18.9 Å². The average molecular weight is 525 g/mol. The minimum absolute atomic E-state index is 0.167. The van der Waals surface area contributed by atoms with E-state index in [0.717, 1.165) is 6.26 Å². The van der Waals surface area contributed by atoms with Gasteiger partial charge in [-0.1, -0.05) is 12.1 Å². The van der Waals surface area contributed by atoms with E-state index in [2.05, 4.69) is 0 Å². The number of methoxy groups -OCH3 is 1. The molecule has 0 aromatic heterocycles. The zero-order valence-electron chi connectivity index (χ0n) is 20.3. The molecule has 0 unspecified atom stereocenters. The molecule has 0 spiro atoms. The molecular formula is C25H32O12. The minimum atomic E-state index is -1.87. The van der Waals surface area contributed by atoms with Gasteiger partial charge >= 0.3 is 5.97 Å². The zero-order valence-corrected chi connectivity index (χ0v) is 20.3. The van der Waals surface area contributed by atoms with Gasteiger partial charge in [-0.15, -0.1) is 0 Å². The summed E-state index contributed by atoms with van der Waals surface area (Å²) in [5.41, 5.74) is -2.75. The molecule has 2 heterocycles. The van der Waals surface area contributed by atoms with Crippen molar-refractivity contribution < 1.29 is 59.1 Å². The second-order valence-corrected chi connectivity index (χ2v) is 9.64. The van der Waals surface area contributed by atoms with E-state index in [-0.39, 0.29) is 6.42 Å². The van der Waals surface area contributed by atoms with Crippen LogP contribution < -0.4 is 4.74 Å². The maximum atomic E-state index is 12.2. The van der Waals surface area contributed by atoms with E-state index < -0.39 is 72.8 Å². The summed E-state index contributed by atoms with van der Waals surface area (Å²) >= 11 is 0. The highest BCUT2D eigenvalue weighted by Gasteiger charge is 2.64. The van der Waals surface area contributed by atoms with Crippen LogP contribution in [-0.4, -0.2) is 105 Å². The van der Waals surface area contributed by atoms with Gasteiger partial charge in [-0.25, -0.2) is 4.79 Å². The van der Waals surface area contributed by atoms with Crippen LogP contribution in [0.25, 0.3) is 6.08 Å². The molecule has 2 fully saturated rings. The number of esters is 1. The standard InChI is InChI=1S/C25H32O12/c1-24(31)11-16(26)25(32)9-10-34-23(21(24)25)37-22-20(30)19(29)18(28)15(36-22)12-35-17(27)8-5-13-3-6-14(33-2)7-4-13/h3-10,15-16,18-23,26,28-32H,11-12H2,1-2H3/b8-5-/t15-,16-,18-,19+,20-,21-,22+,23+,24+,25+/m1/s1. The predicted octanol–water partition coefficient (Wildman–Crippen LogP) is -1.19. The van der Waals surface area contributed by atoms with Crippen LogP contribution in [-0.2, 0) is 23.7 Å². The van der Waals surface area contributed by atoms with Gasteiger partial charge in [0.2, 0.25) is 6.29 Å². The molecule has 1 aromatic rings. The molecule has 0 amide bonds. The summed E-state index contributed by atoms with van der Waals surface area (Å²) < 4.78 is 26.9. The van der Waals surface area contributed by atoms with E-state index in [4.69, 9.17) is 23.7 Å². The highest BCUT2D eigenvalue weighted by Crippen LogP contribution is 2.49. The maximum absolute atomic E-state index is 12.2. The summed E-state index contributed by atoms with van der Waals surface area (Å²) in [5.74, 6) is -1.25. The van der Waals surface area contributed by atoms with Gasteiger partial charge in [0.05, 0.1) is 31.0 Å². The smallest absolute Gasteiger partial charge is 0.330 e. The molecule has 0 bridgehead atoms. The number of hydrogen-bond acceptors (Lipinski definition) is 12. The first-order valence-electron chi connectivity index (χ1n) is 11.8. The zero-order chi connectivity index (χ0) is 27.0. The first-order valence-corrected chi connectivity index (χ1v) is 11.8. The Labute approximate surface area is 212 Å². The van der Waals surface area contributed by atoms with E-state index in [0.29, 0.717) is 11.3 Å². The molecule has 204 valence electrons. The Morgan fingerprint density at radius 3 is 2.46 bits per heavy atom. The Balaban J connectivity index is 1.39. The van der Waals surface area contributed by atoms with Gasteiger partial charge in [-0.2, -0.15) is 0 Å². The lowest BCUT2D eigenvalue weighted by Crippen LogP contribution is -2.62. The number of fused-ring (bicyclic) bond motifs is 1. The molecule has 1 aromatic carbocycles. The number of carbonyl (C=O) groups is 1. The average Bonchev–Trinajstić information content (AvgIpc) is 3.06. The van der Waals surface area contributed by atoms with Gasteiger partial charge in [0.25, 0.3) is 0 Å². The molecule has 1 saturated carbocycles. The number of ether oxygens (including phenoxy) is 5. The molecule has 3 aliphatic rings. The normalized spacial score (nSPS) is 41.3. The minimum Gasteiger partial charge on any atom is -0.497 e. The number of benzene rings is 1. The van der Waals surface area contributed by atoms with Gasteiger partial charge in [0, 0.05) is 12.5 Å². The van der Waals surface area contributed by atoms with Gasteiger partial charge < -0.3 is 54.3 Å². The van der Waals surface area contributed by atoms with Crippen LogP contribution in [0.3, 0.4) is 0 Å². The fraction of sp³-hybridized carbons (Fsp3) is 0.560. The fourth-order valence-electron chi connectivity index (χ4n) is 4.92. The third-order valence-electron chi connectivity index (χ3n) is 6.98. The fourth-order valence-corrected chi connectivity index (χ4v) is 4.92. The SMILES string of the molecule is COc1ccc(/C=C\C(=O)OC[C@H]2O[C@@H](O[C@@H]3OC=C[C@]4(O)[C@H](O)C[C@](C)(O)[C@@H]34)[C@H](O)[C@@H](O)[C@@H]2O)cc1.